The average molecular weight is 228 g/mol. The van der Waals surface area contributed by atoms with Crippen molar-refractivity contribution in [3.8, 4) is 0 Å². The van der Waals surface area contributed by atoms with Crippen LogP contribution in [0.1, 0.15) is 25.7 Å². The van der Waals surface area contributed by atoms with Gasteiger partial charge in [-0.3, -0.25) is 0 Å². The predicted octanol–water partition coefficient (Wildman–Crippen LogP) is -0.699. The highest BCUT2D eigenvalue weighted by Gasteiger charge is 2.30. The molecule has 1 aromatic rings. The number of aryl methyl sites for hydroxylation is 1. The van der Waals surface area contributed by atoms with Crippen molar-refractivity contribution in [1.29, 1.82) is 0 Å². The summed E-state index contributed by atoms with van der Waals surface area (Å²) in [6.45, 7) is 3.00. The van der Waals surface area contributed by atoms with Crippen molar-refractivity contribution < 1.29 is 15.0 Å². The minimum absolute atomic E-state index is 0.0592. The van der Waals surface area contributed by atoms with Crippen LogP contribution in [0.3, 0.4) is 0 Å². The van der Waals surface area contributed by atoms with E-state index in [1.165, 1.54) is 6.92 Å². The highest BCUT2D eigenvalue weighted by atomic mass is 16.4. The number of carboxylic acids is 1. The lowest BCUT2D eigenvalue weighted by Gasteiger charge is -2.21. The molecule has 0 fully saturated rings. The molecule has 0 aliphatic heterocycles. The topological polar surface area (TPSA) is 100 Å². The van der Waals surface area contributed by atoms with Gasteiger partial charge in [0.25, 0.3) is 0 Å². The van der Waals surface area contributed by atoms with E-state index in [0.717, 1.165) is 0 Å². The van der Waals surface area contributed by atoms with Gasteiger partial charge in [-0.15, -0.1) is 10.2 Å². The second kappa shape index (κ2) is 4.58. The van der Waals surface area contributed by atoms with Crippen molar-refractivity contribution in [2.45, 2.75) is 25.5 Å². The van der Waals surface area contributed by atoms with Crippen molar-refractivity contribution in [2.24, 2.45) is 7.05 Å². The lowest BCUT2D eigenvalue weighted by molar-refractivity contribution is -0.156. The lowest BCUT2D eigenvalue weighted by atomic mass is 10.1. The van der Waals surface area contributed by atoms with E-state index >= 15 is 0 Å². The van der Waals surface area contributed by atoms with Gasteiger partial charge in [0.1, 0.15) is 12.2 Å². The van der Waals surface area contributed by atoms with Gasteiger partial charge < -0.3 is 20.1 Å². The summed E-state index contributed by atoms with van der Waals surface area (Å²) in [6, 6.07) is -0.182. The van der Waals surface area contributed by atoms with E-state index in [-0.39, 0.29) is 12.6 Å². The van der Waals surface area contributed by atoms with Crippen LogP contribution in [0.4, 0.5) is 0 Å². The first-order valence-corrected chi connectivity index (χ1v) is 4.87. The molecule has 0 bridgehead atoms. The molecule has 0 aliphatic rings. The maximum Gasteiger partial charge on any atom is 0.336 e. The quantitative estimate of drug-likeness (QED) is 0.616. The van der Waals surface area contributed by atoms with Crippen LogP contribution in [0.5, 0.6) is 0 Å². The largest absolute Gasteiger partial charge is 0.479 e. The summed E-state index contributed by atoms with van der Waals surface area (Å²) < 4.78 is 1.73. The molecular weight excluding hydrogens is 212 g/mol. The molecule has 1 aromatic heterocycles. The molecule has 7 nitrogen and oxygen atoms in total. The highest BCUT2D eigenvalue weighted by Crippen LogP contribution is 2.09. The van der Waals surface area contributed by atoms with Crippen LogP contribution in [0.2, 0.25) is 0 Å². The van der Waals surface area contributed by atoms with Gasteiger partial charge >= 0.3 is 5.97 Å². The number of carboxylic acid groups (broad SMARTS) is 1. The fourth-order valence-electron chi connectivity index (χ4n) is 1.20. The number of aliphatic carboxylic acids is 1. The SMILES string of the molecule is CC(NCC(C)(O)C(=O)O)c1nncn1C. The summed E-state index contributed by atoms with van der Waals surface area (Å²) in [5.74, 6) is -0.577. The number of aromatic nitrogens is 3. The molecule has 2 unspecified atom stereocenters. The first-order chi connectivity index (χ1) is 7.34. The van der Waals surface area contributed by atoms with Crippen molar-refractivity contribution in [3.63, 3.8) is 0 Å². The molecule has 16 heavy (non-hydrogen) atoms. The summed E-state index contributed by atoms with van der Waals surface area (Å²) >= 11 is 0. The van der Waals surface area contributed by atoms with Crippen molar-refractivity contribution >= 4 is 5.97 Å². The minimum atomic E-state index is -1.78. The molecule has 7 heteroatoms. The molecule has 0 spiro atoms. The molecule has 2 atom stereocenters. The molecule has 3 N–H and O–H groups in total. The third kappa shape index (κ3) is 2.77. The van der Waals surface area contributed by atoms with E-state index in [2.05, 4.69) is 15.5 Å². The smallest absolute Gasteiger partial charge is 0.336 e. The first kappa shape index (κ1) is 12.6. The Morgan fingerprint density at radius 2 is 2.38 bits per heavy atom. The lowest BCUT2D eigenvalue weighted by Crippen LogP contribution is -2.45. The van der Waals surface area contributed by atoms with Crippen LogP contribution in [0.25, 0.3) is 0 Å². The summed E-state index contributed by atoms with van der Waals surface area (Å²) in [4.78, 5) is 10.7. The Hall–Kier alpha value is -1.47. The number of hydrogen-bond donors (Lipinski definition) is 3. The molecule has 0 saturated carbocycles. The average Bonchev–Trinajstić information content (AvgIpc) is 2.61. The number of nitrogens with zero attached hydrogens (tertiary/aromatic N) is 3. The summed E-state index contributed by atoms with van der Waals surface area (Å²) in [5.41, 5.74) is -1.78. The van der Waals surface area contributed by atoms with Gasteiger partial charge in [-0.1, -0.05) is 0 Å². The Morgan fingerprint density at radius 1 is 1.75 bits per heavy atom. The van der Waals surface area contributed by atoms with Gasteiger partial charge in [-0.25, -0.2) is 4.79 Å². The summed E-state index contributed by atoms with van der Waals surface area (Å²) in [7, 11) is 1.79. The molecule has 0 aromatic carbocycles. The molecular formula is C9H16N4O3. The van der Waals surface area contributed by atoms with Crippen molar-refractivity contribution in [2.75, 3.05) is 6.54 Å². The Balaban J connectivity index is 2.57. The van der Waals surface area contributed by atoms with Gasteiger partial charge in [-0.05, 0) is 13.8 Å². The van der Waals surface area contributed by atoms with Crippen LogP contribution in [-0.4, -0.2) is 43.1 Å². The summed E-state index contributed by atoms with van der Waals surface area (Å²) in [5, 5.41) is 28.7. The Morgan fingerprint density at radius 3 is 2.81 bits per heavy atom. The normalized spacial score (nSPS) is 16.8. The Bertz CT molecular complexity index is 375. The maximum absolute atomic E-state index is 10.7. The van der Waals surface area contributed by atoms with Crippen LogP contribution in [-0.2, 0) is 11.8 Å². The van der Waals surface area contributed by atoms with Gasteiger partial charge in [0.05, 0.1) is 6.04 Å². The van der Waals surface area contributed by atoms with Crippen LogP contribution >= 0.6 is 0 Å². The minimum Gasteiger partial charge on any atom is -0.479 e. The number of aliphatic hydroxyl groups is 1. The molecule has 1 heterocycles. The fourth-order valence-corrected chi connectivity index (χ4v) is 1.20. The molecule has 90 valence electrons. The molecule has 0 aliphatic carbocycles. The van der Waals surface area contributed by atoms with Crippen molar-refractivity contribution in [1.82, 2.24) is 20.1 Å². The van der Waals surface area contributed by atoms with E-state index in [0.29, 0.717) is 5.82 Å². The third-order valence-corrected chi connectivity index (χ3v) is 2.35. The monoisotopic (exact) mass is 228 g/mol. The molecule has 0 amide bonds. The van der Waals surface area contributed by atoms with E-state index in [9.17, 15) is 9.90 Å². The van der Waals surface area contributed by atoms with E-state index in [4.69, 9.17) is 5.11 Å². The van der Waals surface area contributed by atoms with Crippen LogP contribution in [0, 0.1) is 0 Å². The predicted molar refractivity (Wildman–Crippen MR) is 55.7 cm³/mol. The van der Waals surface area contributed by atoms with Crippen LogP contribution < -0.4 is 5.32 Å². The number of nitrogens with one attached hydrogen (secondary N) is 1. The second-order valence-electron chi connectivity index (χ2n) is 3.98. The number of hydrogen-bond acceptors (Lipinski definition) is 5. The fraction of sp³-hybridized carbons (Fsp3) is 0.667. The highest BCUT2D eigenvalue weighted by molar-refractivity contribution is 5.76. The van der Waals surface area contributed by atoms with Gasteiger partial charge in [0.15, 0.2) is 5.60 Å². The van der Waals surface area contributed by atoms with E-state index in [1.54, 1.807) is 17.9 Å². The van der Waals surface area contributed by atoms with Gasteiger partial charge in [0.2, 0.25) is 0 Å². The standard InChI is InChI=1S/C9H16N4O3/c1-6(7-12-11-5-13(7)3)10-4-9(2,16)8(14)15/h5-6,10,16H,4H2,1-3H3,(H,14,15). The van der Waals surface area contributed by atoms with E-state index in [1.807, 2.05) is 6.92 Å². The van der Waals surface area contributed by atoms with Crippen LogP contribution in [0.15, 0.2) is 6.33 Å². The van der Waals surface area contributed by atoms with Crippen molar-refractivity contribution in [3.05, 3.63) is 12.2 Å². The molecule has 0 radical (unpaired) electrons. The first-order valence-electron chi connectivity index (χ1n) is 4.87. The number of rotatable bonds is 5. The molecule has 0 saturated heterocycles. The summed E-state index contributed by atoms with van der Waals surface area (Å²) in [6.07, 6.45) is 1.56. The van der Waals surface area contributed by atoms with E-state index < -0.39 is 11.6 Å². The zero-order chi connectivity index (χ0) is 12.3. The van der Waals surface area contributed by atoms with Gasteiger partial charge in [0, 0.05) is 13.6 Å². The number of carbonyl (C=O) groups is 1. The zero-order valence-corrected chi connectivity index (χ0v) is 9.51. The zero-order valence-electron chi connectivity index (χ0n) is 9.51. The van der Waals surface area contributed by atoms with Gasteiger partial charge in [-0.2, -0.15) is 0 Å². The third-order valence-electron chi connectivity index (χ3n) is 2.35. The second-order valence-corrected chi connectivity index (χ2v) is 3.98. The molecule has 1 rings (SSSR count). The maximum atomic E-state index is 10.7. The Kier molecular flexibility index (Phi) is 3.61. The Labute approximate surface area is 93.1 Å².